The number of likely N-dealkylation sites (N-methyl/N-ethyl adjacent to an activating group) is 1. The number of fused-ring (bicyclic) bond motifs is 2. The lowest BCUT2D eigenvalue weighted by Crippen LogP contribution is -2.47. The molecule has 1 saturated carbocycles. The van der Waals surface area contributed by atoms with Crippen molar-refractivity contribution in [2.24, 2.45) is 11.8 Å². The minimum atomic E-state index is -2.95. The molecular formula is C26H31ClF2N6O2. The summed E-state index contributed by atoms with van der Waals surface area (Å²) in [5.41, 5.74) is 3.04. The molecule has 0 bridgehead atoms. The number of hydrogen-bond acceptors (Lipinski definition) is 8. The van der Waals surface area contributed by atoms with Crippen molar-refractivity contribution in [2.75, 3.05) is 48.4 Å². The smallest absolute Gasteiger partial charge is 0.301 e. The van der Waals surface area contributed by atoms with Gasteiger partial charge in [0.25, 0.3) is 0 Å². The van der Waals surface area contributed by atoms with Gasteiger partial charge in [0.2, 0.25) is 5.95 Å². The molecule has 1 aliphatic carbocycles. The highest BCUT2D eigenvalue weighted by molar-refractivity contribution is 6.32. The number of anilines is 4. The molecule has 1 aromatic heterocycles. The van der Waals surface area contributed by atoms with Crippen molar-refractivity contribution in [3.05, 3.63) is 40.7 Å². The Morgan fingerprint density at radius 3 is 2.84 bits per heavy atom. The first-order chi connectivity index (χ1) is 17.7. The Hall–Kier alpha value is -2.85. The van der Waals surface area contributed by atoms with E-state index in [1.54, 1.807) is 6.20 Å². The fourth-order valence-corrected chi connectivity index (χ4v) is 5.73. The van der Waals surface area contributed by atoms with Crippen LogP contribution < -0.4 is 20.4 Å². The fraction of sp³-hybridized carbons (Fsp3) is 0.538. The van der Waals surface area contributed by atoms with Gasteiger partial charge in [0.15, 0.2) is 12.4 Å². The Bertz CT molecular complexity index is 1230. The molecule has 11 heteroatoms. The molecule has 6 rings (SSSR count). The summed E-state index contributed by atoms with van der Waals surface area (Å²) in [5.74, 6) is -1.23. The monoisotopic (exact) mass is 532 g/mol. The molecule has 3 atom stereocenters. The zero-order chi connectivity index (χ0) is 25.9. The zero-order valence-corrected chi connectivity index (χ0v) is 21.6. The van der Waals surface area contributed by atoms with Gasteiger partial charge in [-0.2, -0.15) is 4.98 Å². The van der Waals surface area contributed by atoms with Crippen LogP contribution in [0, 0.1) is 11.8 Å². The van der Waals surface area contributed by atoms with Crippen molar-refractivity contribution >= 4 is 40.4 Å². The number of halogens is 3. The van der Waals surface area contributed by atoms with Crippen molar-refractivity contribution in [2.45, 2.75) is 44.3 Å². The van der Waals surface area contributed by atoms with Gasteiger partial charge in [0.1, 0.15) is 10.8 Å². The molecule has 8 nitrogen and oxygen atoms in total. The van der Waals surface area contributed by atoms with E-state index in [4.69, 9.17) is 16.3 Å². The topological polar surface area (TPSA) is 85.8 Å². The van der Waals surface area contributed by atoms with Crippen LogP contribution in [0.1, 0.15) is 31.7 Å². The van der Waals surface area contributed by atoms with E-state index in [1.807, 2.05) is 35.0 Å². The van der Waals surface area contributed by atoms with Gasteiger partial charge in [-0.25, -0.2) is 13.8 Å². The molecule has 198 valence electrons. The maximum absolute atomic E-state index is 14.9. The lowest BCUT2D eigenvalue weighted by atomic mass is 9.98. The maximum atomic E-state index is 14.9. The molecule has 4 aliphatic rings. The van der Waals surface area contributed by atoms with E-state index in [0.29, 0.717) is 52.9 Å². The van der Waals surface area contributed by atoms with Gasteiger partial charge in [-0.15, -0.1) is 0 Å². The van der Waals surface area contributed by atoms with Crippen LogP contribution >= 0.6 is 11.6 Å². The van der Waals surface area contributed by atoms with E-state index in [-0.39, 0.29) is 5.92 Å². The number of hydrogen-bond donors (Lipinski definition) is 3. The summed E-state index contributed by atoms with van der Waals surface area (Å²) in [6.45, 7) is 3.10. The third-order valence-corrected chi connectivity index (χ3v) is 7.82. The third-order valence-electron chi connectivity index (χ3n) is 7.54. The van der Waals surface area contributed by atoms with Crippen molar-refractivity contribution in [1.29, 1.82) is 0 Å². The summed E-state index contributed by atoms with van der Waals surface area (Å²) in [6, 6.07) is 4.83. The molecular weight excluding hydrogens is 502 g/mol. The minimum absolute atomic E-state index is 0.0517. The Kier molecular flexibility index (Phi) is 6.06. The van der Waals surface area contributed by atoms with E-state index >= 15 is 0 Å². The molecule has 2 aromatic rings. The first-order valence-electron chi connectivity index (χ1n) is 12.8. The standard InChI is InChI=1S/C26H31ClF2N6O2/c1-14-7-17(36)11-35(10-14)25-30-9-19(27)24(33-25)31-16-5-6-20-18(8-16)22-21(12-34(20)2)37-13-26(28,29)23(32-22)15-3-4-15/h5-6,8-9,14-15,17,23,32,36H,3-4,7,10-13H2,1-2H3,(H,30,31,33)/t14-,17+,23-/m0/s1. The summed E-state index contributed by atoms with van der Waals surface area (Å²) in [6.07, 6.45) is 3.47. The predicted molar refractivity (Wildman–Crippen MR) is 140 cm³/mol. The van der Waals surface area contributed by atoms with Gasteiger partial charge >= 0.3 is 5.92 Å². The fourth-order valence-electron chi connectivity index (χ4n) is 5.60. The molecule has 1 saturated heterocycles. The normalized spacial score (nSPS) is 27.0. The summed E-state index contributed by atoms with van der Waals surface area (Å²) in [5, 5.41) is 17.0. The van der Waals surface area contributed by atoms with Crippen LogP contribution in [0.25, 0.3) is 5.70 Å². The molecule has 1 aromatic carbocycles. The zero-order valence-electron chi connectivity index (χ0n) is 20.8. The molecule has 3 N–H and O–H groups in total. The van der Waals surface area contributed by atoms with E-state index in [1.165, 1.54) is 0 Å². The molecule has 0 amide bonds. The van der Waals surface area contributed by atoms with E-state index in [2.05, 4.69) is 27.5 Å². The van der Waals surface area contributed by atoms with Crippen molar-refractivity contribution in [3.8, 4) is 0 Å². The molecule has 4 heterocycles. The summed E-state index contributed by atoms with van der Waals surface area (Å²) >= 11 is 6.44. The van der Waals surface area contributed by atoms with Crippen LogP contribution in [0.5, 0.6) is 0 Å². The van der Waals surface area contributed by atoms with E-state index < -0.39 is 24.7 Å². The summed E-state index contributed by atoms with van der Waals surface area (Å²) in [4.78, 5) is 13.0. The van der Waals surface area contributed by atoms with Gasteiger partial charge < -0.3 is 30.3 Å². The Balaban J connectivity index is 1.31. The van der Waals surface area contributed by atoms with Crippen LogP contribution in [-0.4, -0.2) is 66.4 Å². The molecule has 37 heavy (non-hydrogen) atoms. The maximum Gasteiger partial charge on any atom is 0.301 e. The lowest BCUT2D eigenvalue weighted by Gasteiger charge is -2.34. The van der Waals surface area contributed by atoms with Crippen LogP contribution in [0.4, 0.5) is 31.9 Å². The summed E-state index contributed by atoms with van der Waals surface area (Å²) in [7, 11) is 1.92. The average Bonchev–Trinajstić information content (AvgIpc) is 3.68. The van der Waals surface area contributed by atoms with Crippen LogP contribution in [0.2, 0.25) is 5.02 Å². The Morgan fingerprint density at radius 1 is 1.27 bits per heavy atom. The number of piperidine rings is 1. The second-order valence-corrected chi connectivity index (χ2v) is 11.2. The van der Waals surface area contributed by atoms with Gasteiger partial charge in [-0.05, 0) is 49.3 Å². The number of alkyl halides is 2. The number of benzene rings is 1. The quantitative estimate of drug-likeness (QED) is 0.539. The molecule has 0 spiro atoms. The molecule has 3 aliphatic heterocycles. The Morgan fingerprint density at radius 2 is 2.08 bits per heavy atom. The number of aromatic nitrogens is 2. The minimum Gasteiger partial charge on any atom is -0.487 e. The largest absolute Gasteiger partial charge is 0.487 e. The second-order valence-electron chi connectivity index (χ2n) is 10.8. The number of β-amino-alcohol motifs (C(OH)–C–C–N with tert-alkyl or cyclic N) is 1. The number of rotatable bonds is 4. The first-order valence-corrected chi connectivity index (χ1v) is 13.1. The SMILES string of the molecule is C[C@H]1C[C@@H](O)CN(c2ncc(Cl)c(Nc3ccc4c(c3)C3=C(CN4C)OCC(F)(F)[C@H](C4CC4)N3)n2)C1. The van der Waals surface area contributed by atoms with E-state index in [0.717, 1.165) is 37.1 Å². The molecule has 2 fully saturated rings. The van der Waals surface area contributed by atoms with E-state index in [9.17, 15) is 13.9 Å². The first kappa shape index (κ1) is 24.5. The Labute approximate surface area is 219 Å². The number of nitrogens with zero attached hydrogens (tertiary/aromatic N) is 4. The second kappa shape index (κ2) is 9.16. The number of nitrogens with one attached hydrogen (secondary N) is 2. The van der Waals surface area contributed by atoms with Crippen molar-refractivity contribution in [3.63, 3.8) is 0 Å². The highest BCUT2D eigenvalue weighted by Crippen LogP contribution is 2.45. The van der Waals surface area contributed by atoms with Crippen molar-refractivity contribution < 1.29 is 18.6 Å². The molecule has 0 unspecified atom stereocenters. The van der Waals surface area contributed by atoms with Gasteiger partial charge in [0, 0.05) is 37.1 Å². The predicted octanol–water partition coefficient (Wildman–Crippen LogP) is 4.23. The summed E-state index contributed by atoms with van der Waals surface area (Å²) < 4.78 is 35.5. The highest BCUT2D eigenvalue weighted by atomic mass is 35.5. The van der Waals surface area contributed by atoms with Crippen LogP contribution in [0.3, 0.4) is 0 Å². The highest BCUT2D eigenvalue weighted by Gasteiger charge is 2.51. The molecule has 0 radical (unpaired) electrons. The number of aliphatic hydroxyl groups is 1. The lowest BCUT2D eigenvalue weighted by molar-refractivity contribution is -0.0833. The van der Waals surface area contributed by atoms with Gasteiger partial charge in [0.05, 0.1) is 30.6 Å². The van der Waals surface area contributed by atoms with Gasteiger partial charge in [-0.1, -0.05) is 18.5 Å². The van der Waals surface area contributed by atoms with Crippen LogP contribution in [0.15, 0.2) is 30.2 Å². The van der Waals surface area contributed by atoms with Crippen molar-refractivity contribution in [1.82, 2.24) is 15.3 Å². The van der Waals surface area contributed by atoms with Gasteiger partial charge in [-0.3, -0.25) is 0 Å². The van der Waals surface area contributed by atoms with Crippen LogP contribution in [-0.2, 0) is 4.74 Å². The number of ether oxygens (including phenoxy) is 1. The number of aliphatic hydroxyl groups excluding tert-OH is 1. The third kappa shape index (κ3) is 4.77. The average molecular weight is 533 g/mol.